The molecule has 0 spiro atoms. The van der Waals surface area contributed by atoms with E-state index < -0.39 is 0 Å². The summed E-state index contributed by atoms with van der Waals surface area (Å²) in [7, 11) is 2.08. The highest BCUT2D eigenvalue weighted by Gasteiger charge is 2.34. The first kappa shape index (κ1) is 15.5. The molecule has 1 aromatic rings. The topological polar surface area (TPSA) is 28.2 Å². The lowest BCUT2D eigenvalue weighted by atomic mass is 9.85. The second-order valence-electron chi connectivity index (χ2n) is 6.31. The number of nitrogens with zero attached hydrogens (tertiary/aromatic N) is 2. The first-order chi connectivity index (χ1) is 9.67. The second kappa shape index (κ2) is 7.19. The molecule has 20 heavy (non-hydrogen) atoms. The summed E-state index contributed by atoms with van der Waals surface area (Å²) in [6, 6.07) is 6.33. The van der Waals surface area contributed by atoms with Crippen molar-refractivity contribution in [1.82, 2.24) is 15.2 Å². The Morgan fingerprint density at radius 2 is 2.05 bits per heavy atom. The van der Waals surface area contributed by atoms with Crippen LogP contribution in [0, 0.1) is 12.3 Å². The summed E-state index contributed by atoms with van der Waals surface area (Å²) in [6.45, 7) is 8.74. The minimum absolute atomic E-state index is 0.481. The SMILES string of the molecule is CCN(Cc1cccc(C)n1)CC1(CNC)CCCC1. The van der Waals surface area contributed by atoms with Gasteiger partial charge in [-0.1, -0.05) is 25.8 Å². The Morgan fingerprint density at radius 1 is 1.30 bits per heavy atom. The van der Waals surface area contributed by atoms with E-state index in [0.717, 1.165) is 25.3 Å². The molecule has 0 atom stereocenters. The molecule has 0 bridgehead atoms. The molecule has 1 fully saturated rings. The van der Waals surface area contributed by atoms with E-state index in [1.807, 2.05) is 0 Å². The summed E-state index contributed by atoms with van der Waals surface area (Å²) >= 11 is 0. The van der Waals surface area contributed by atoms with Gasteiger partial charge in [-0.2, -0.15) is 0 Å². The van der Waals surface area contributed by atoms with Crippen molar-refractivity contribution in [1.29, 1.82) is 0 Å². The predicted octanol–water partition coefficient (Wildman–Crippen LogP) is 2.99. The zero-order valence-electron chi connectivity index (χ0n) is 13.3. The van der Waals surface area contributed by atoms with Crippen molar-refractivity contribution >= 4 is 0 Å². The van der Waals surface area contributed by atoms with Crippen molar-refractivity contribution in [2.24, 2.45) is 5.41 Å². The van der Waals surface area contributed by atoms with Gasteiger partial charge in [-0.15, -0.1) is 0 Å². The van der Waals surface area contributed by atoms with E-state index in [4.69, 9.17) is 0 Å². The van der Waals surface area contributed by atoms with Crippen LogP contribution in [-0.4, -0.2) is 36.6 Å². The van der Waals surface area contributed by atoms with E-state index in [1.54, 1.807) is 0 Å². The van der Waals surface area contributed by atoms with Crippen LogP contribution >= 0.6 is 0 Å². The van der Waals surface area contributed by atoms with E-state index in [1.165, 1.54) is 37.9 Å². The van der Waals surface area contributed by atoms with Gasteiger partial charge in [0.05, 0.1) is 5.69 Å². The summed E-state index contributed by atoms with van der Waals surface area (Å²) in [5, 5.41) is 3.41. The van der Waals surface area contributed by atoms with Crippen molar-refractivity contribution in [3.63, 3.8) is 0 Å². The highest BCUT2D eigenvalue weighted by Crippen LogP contribution is 2.38. The maximum absolute atomic E-state index is 4.65. The van der Waals surface area contributed by atoms with Gasteiger partial charge in [-0.3, -0.25) is 9.88 Å². The maximum Gasteiger partial charge on any atom is 0.0547 e. The minimum atomic E-state index is 0.481. The summed E-state index contributed by atoms with van der Waals surface area (Å²) in [5.74, 6) is 0. The third-order valence-electron chi connectivity index (χ3n) is 4.55. The molecule has 0 aromatic carbocycles. The van der Waals surface area contributed by atoms with E-state index in [9.17, 15) is 0 Å². The highest BCUT2D eigenvalue weighted by molar-refractivity contribution is 5.10. The van der Waals surface area contributed by atoms with Crippen molar-refractivity contribution in [2.45, 2.75) is 46.1 Å². The van der Waals surface area contributed by atoms with Crippen molar-refractivity contribution in [3.05, 3.63) is 29.6 Å². The van der Waals surface area contributed by atoms with Gasteiger partial charge in [0.1, 0.15) is 0 Å². The molecule has 1 N–H and O–H groups in total. The maximum atomic E-state index is 4.65. The second-order valence-corrected chi connectivity index (χ2v) is 6.31. The van der Waals surface area contributed by atoms with Crippen molar-refractivity contribution < 1.29 is 0 Å². The molecule has 1 aliphatic rings. The average molecular weight is 275 g/mol. The molecule has 112 valence electrons. The van der Waals surface area contributed by atoms with Crippen LogP contribution in [0.2, 0.25) is 0 Å². The van der Waals surface area contributed by atoms with E-state index >= 15 is 0 Å². The molecule has 3 nitrogen and oxygen atoms in total. The summed E-state index contributed by atoms with van der Waals surface area (Å²) in [6.07, 6.45) is 5.51. The summed E-state index contributed by atoms with van der Waals surface area (Å²) in [4.78, 5) is 7.21. The fourth-order valence-corrected chi connectivity index (χ4v) is 3.56. The quantitative estimate of drug-likeness (QED) is 0.829. The van der Waals surface area contributed by atoms with Crippen molar-refractivity contribution in [2.75, 3.05) is 26.7 Å². The average Bonchev–Trinajstić information content (AvgIpc) is 2.87. The van der Waals surface area contributed by atoms with E-state index in [-0.39, 0.29) is 0 Å². The van der Waals surface area contributed by atoms with E-state index in [2.05, 4.69) is 54.3 Å². The van der Waals surface area contributed by atoms with Crippen LogP contribution in [0.4, 0.5) is 0 Å². The van der Waals surface area contributed by atoms with Gasteiger partial charge in [0.2, 0.25) is 0 Å². The number of pyridine rings is 1. The van der Waals surface area contributed by atoms with Gasteiger partial charge in [0, 0.05) is 25.3 Å². The van der Waals surface area contributed by atoms with Crippen LogP contribution in [-0.2, 0) is 6.54 Å². The van der Waals surface area contributed by atoms with Gasteiger partial charge >= 0.3 is 0 Å². The molecule has 0 unspecified atom stereocenters. The van der Waals surface area contributed by atoms with Gasteiger partial charge in [0.25, 0.3) is 0 Å². The standard InChI is InChI=1S/C17H29N3/c1-4-20(12-16-9-7-8-15(2)19-16)14-17(13-18-3)10-5-6-11-17/h7-9,18H,4-6,10-14H2,1-3H3. The van der Waals surface area contributed by atoms with Crippen LogP contribution in [0.5, 0.6) is 0 Å². The van der Waals surface area contributed by atoms with Crippen LogP contribution in [0.15, 0.2) is 18.2 Å². The predicted molar refractivity (Wildman–Crippen MR) is 84.8 cm³/mol. The largest absolute Gasteiger partial charge is 0.319 e. The molecule has 0 radical (unpaired) electrons. The monoisotopic (exact) mass is 275 g/mol. The molecule has 2 rings (SSSR count). The van der Waals surface area contributed by atoms with Crippen LogP contribution in [0.25, 0.3) is 0 Å². The van der Waals surface area contributed by atoms with Crippen LogP contribution < -0.4 is 5.32 Å². The highest BCUT2D eigenvalue weighted by atomic mass is 15.1. The lowest BCUT2D eigenvalue weighted by Crippen LogP contribution is -2.41. The number of aromatic nitrogens is 1. The molecule has 1 heterocycles. The molecule has 0 saturated heterocycles. The molecule has 0 amide bonds. The lowest BCUT2D eigenvalue weighted by molar-refractivity contribution is 0.149. The first-order valence-corrected chi connectivity index (χ1v) is 7.97. The third-order valence-corrected chi connectivity index (χ3v) is 4.55. The number of nitrogens with one attached hydrogen (secondary N) is 1. The molecular weight excluding hydrogens is 246 g/mol. The number of hydrogen-bond donors (Lipinski definition) is 1. The Morgan fingerprint density at radius 3 is 2.65 bits per heavy atom. The number of aryl methyl sites for hydroxylation is 1. The smallest absolute Gasteiger partial charge is 0.0547 e. The van der Waals surface area contributed by atoms with Gasteiger partial charge < -0.3 is 5.32 Å². The Balaban J connectivity index is 2.00. The normalized spacial score (nSPS) is 17.8. The molecule has 1 saturated carbocycles. The van der Waals surface area contributed by atoms with E-state index in [0.29, 0.717) is 5.41 Å². The van der Waals surface area contributed by atoms with Crippen LogP contribution in [0.3, 0.4) is 0 Å². The zero-order chi connectivity index (χ0) is 14.4. The number of rotatable bonds is 7. The summed E-state index contributed by atoms with van der Waals surface area (Å²) < 4.78 is 0. The minimum Gasteiger partial charge on any atom is -0.319 e. The molecule has 1 aromatic heterocycles. The third kappa shape index (κ3) is 4.03. The Labute approximate surface area is 123 Å². The Hall–Kier alpha value is -0.930. The fraction of sp³-hybridized carbons (Fsp3) is 0.706. The Bertz CT molecular complexity index is 410. The van der Waals surface area contributed by atoms with Crippen LogP contribution in [0.1, 0.15) is 44.0 Å². The van der Waals surface area contributed by atoms with Gasteiger partial charge in [-0.05, 0) is 50.9 Å². The molecule has 3 heteroatoms. The first-order valence-electron chi connectivity index (χ1n) is 7.97. The molecule has 0 aliphatic heterocycles. The van der Waals surface area contributed by atoms with Gasteiger partial charge in [0.15, 0.2) is 0 Å². The summed E-state index contributed by atoms with van der Waals surface area (Å²) in [5.41, 5.74) is 2.79. The Kier molecular flexibility index (Phi) is 5.55. The molecule has 1 aliphatic carbocycles. The van der Waals surface area contributed by atoms with Crippen molar-refractivity contribution in [3.8, 4) is 0 Å². The van der Waals surface area contributed by atoms with Gasteiger partial charge in [-0.25, -0.2) is 0 Å². The zero-order valence-corrected chi connectivity index (χ0v) is 13.3. The number of hydrogen-bond acceptors (Lipinski definition) is 3. The fourth-order valence-electron chi connectivity index (χ4n) is 3.56. The molecular formula is C17H29N3. The lowest BCUT2D eigenvalue weighted by Gasteiger charge is -2.35.